The van der Waals surface area contributed by atoms with Gasteiger partial charge < -0.3 is 5.11 Å². The second kappa shape index (κ2) is 5.78. The Morgan fingerprint density at radius 1 is 1.32 bits per heavy atom. The Balaban J connectivity index is 1.58. The van der Waals surface area contributed by atoms with Crippen molar-refractivity contribution in [3.05, 3.63) is 46.8 Å². The molecule has 1 aromatic carbocycles. The minimum Gasteiger partial charge on any atom is -0.387 e. The van der Waals surface area contributed by atoms with E-state index < -0.39 is 6.10 Å². The quantitative estimate of drug-likeness (QED) is 0.938. The molecule has 1 aliphatic heterocycles. The third kappa shape index (κ3) is 2.89. The maximum atomic E-state index is 13.1. The van der Waals surface area contributed by atoms with E-state index in [9.17, 15) is 9.50 Å². The van der Waals surface area contributed by atoms with Crippen molar-refractivity contribution >= 4 is 0 Å². The summed E-state index contributed by atoms with van der Waals surface area (Å²) in [6.07, 6.45) is -0.597. The number of β-amino-alcohol motifs (C(OH)–C–C–N with tert-alkyl or cyclic N) is 1. The van der Waals surface area contributed by atoms with Crippen molar-refractivity contribution in [2.45, 2.75) is 32.9 Å². The molecule has 0 bridgehead atoms. The van der Waals surface area contributed by atoms with E-state index in [1.807, 2.05) is 25.5 Å². The molecule has 1 N–H and O–H groups in total. The standard InChI is InChI=1S/C16H21FN4O/c1-10-6-13(17)4-5-15(10)16(22)9-20-7-14(8-20)21-12(3)18-11(2)19-21/h4-6,14,16,22H,7-9H2,1-3H3. The fourth-order valence-corrected chi connectivity index (χ4v) is 3.08. The van der Waals surface area contributed by atoms with E-state index in [1.165, 1.54) is 12.1 Å². The number of rotatable bonds is 4. The molecule has 1 aliphatic rings. The van der Waals surface area contributed by atoms with Crippen LogP contribution in [0.25, 0.3) is 0 Å². The summed E-state index contributed by atoms with van der Waals surface area (Å²) < 4.78 is 15.1. The molecule has 0 amide bonds. The van der Waals surface area contributed by atoms with Crippen molar-refractivity contribution in [1.82, 2.24) is 19.7 Å². The Morgan fingerprint density at radius 2 is 2.05 bits per heavy atom. The molecule has 3 rings (SSSR count). The van der Waals surface area contributed by atoms with Gasteiger partial charge in [0, 0.05) is 19.6 Å². The fraction of sp³-hybridized carbons (Fsp3) is 0.500. The lowest BCUT2D eigenvalue weighted by Gasteiger charge is -2.40. The first-order valence-electron chi connectivity index (χ1n) is 7.50. The number of aliphatic hydroxyl groups excluding tert-OH is 1. The normalized spacial score (nSPS) is 17.5. The van der Waals surface area contributed by atoms with Gasteiger partial charge in [0.25, 0.3) is 0 Å². The molecule has 1 saturated heterocycles. The van der Waals surface area contributed by atoms with E-state index in [1.54, 1.807) is 6.07 Å². The second-order valence-corrected chi connectivity index (χ2v) is 6.04. The summed E-state index contributed by atoms with van der Waals surface area (Å²) >= 11 is 0. The van der Waals surface area contributed by atoms with Crippen molar-refractivity contribution < 1.29 is 9.50 Å². The number of nitrogens with zero attached hydrogens (tertiary/aromatic N) is 4. The highest BCUT2D eigenvalue weighted by Crippen LogP contribution is 2.26. The van der Waals surface area contributed by atoms with Crippen LogP contribution in [0.3, 0.4) is 0 Å². The maximum Gasteiger partial charge on any atom is 0.147 e. The van der Waals surface area contributed by atoms with Gasteiger partial charge in [-0.05, 0) is 44.0 Å². The number of hydrogen-bond acceptors (Lipinski definition) is 4. The van der Waals surface area contributed by atoms with Gasteiger partial charge >= 0.3 is 0 Å². The smallest absolute Gasteiger partial charge is 0.147 e. The van der Waals surface area contributed by atoms with E-state index in [0.29, 0.717) is 12.6 Å². The van der Waals surface area contributed by atoms with Gasteiger partial charge in [-0.1, -0.05) is 6.07 Å². The summed E-state index contributed by atoms with van der Waals surface area (Å²) in [4.78, 5) is 6.49. The van der Waals surface area contributed by atoms with E-state index >= 15 is 0 Å². The Kier molecular flexibility index (Phi) is 3.97. The molecule has 0 aliphatic carbocycles. The summed E-state index contributed by atoms with van der Waals surface area (Å²) in [6.45, 7) is 7.92. The van der Waals surface area contributed by atoms with Gasteiger partial charge in [-0.3, -0.25) is 4.90 Å². The van der Waals surface area contributed by atoms with Crippen LogP contribution in [0.4, 0.5) is 4.39 Å². The largest absolute Gasteiger partial charge is 0.387 e. The fourth-order valence-electron chi connectivity index (χ4n) is 3.08. The molecule has 2 aromatic rings. The van der Waals surface area contributed by atoms with Crippen molar-refractivity contribution in [2.75, 3.05) is 19.6 Å². The van der Waals surface area contributed by atoms with Crippen LogP contribution in [0.1, 0.15) is 34.9 Å². The lowest BCUT2D eigenvalue weighted by atomic mass is 10.0. The third-order valence-corrected chi connectivity index (χ3v) is 4.21. The van der Waals surface area contributed by atoms with Gasteiger partial charge in [-0.25, -0.2) is 14.1 Å². The van der Waals surface area contributed by atoms with Crippen LogP contribution < -0.4 is 0 Å². The Hall–Kier alpha value is -1.79. The number of likely N-dealkylation sites (tertiary alicyclic amines) is 1. The summed E-state index contributed by atoms with van der Waals surface area (Å²) in [5, 5.41) is 14.7. The Morgan fingerprint density at radius 3 is 2.64 bits per heavy atom. The average Bonchev–Trinajstić information content (AvgIpc) is 2.71. The predicted molar refractivity (Wildman–Crippen MR) is 81.1 cm³/mol. The second-order valence-electron chi connectivity index (χ2n) is 6.04. The molecule has 1 unspecified atom stereocenters. The van der Waals surface area contributed by atoms with Crippen LogP contribution in [-0.2, 0) is 0 Å². The molecule has 1 fully saturated rings. The van der Waals surface area contributed by atoms with Gasteiger partial charge in [0.15, 0.2) is 0 Å². The lowest BCUT2D eigenvalue weighted by molar-refractivity contribution is 0.0389. The van der Waals surface area contributed by atoms with E-state index in [-0.39, 0.29) is 5.82 Å². The van der Waals surface area contributed by atoms with Crippen LogP contribution in [0.5, 0.6) is 0 Å². The number of aliphatic hydroxyl groups is 1. The highest BCUT2D eigenvalue weighted by Gasteiger charge is 2.31. The monoisotopic (exact) mass is 304 g/mol. The topological polar surface area (TPSA) is 54.2 Å². The molecule has 0 radical (unpaired) electrons. The summed E-state index contributed by atoms with van der Waals surface area (Å²) in [5.74, 6) is 1.45. The van der Waals surface area contributed by atoms with Gasteiger partial charge in [-0.15, -0.1) is 0 Å². The van der Waals surface area contributed by atoms with Gasteiger partial charge in [0.2, 0.25) is 0 Å². The molecule has 2 heterocycles. The number of hydrogen-bond donors (Lipinski definition) is 1. The Labute approximate surface area is 129 Å². The molecular formula is C16H21FN4O. The number of halogens is 1. The zero-order valence-electron chi connectivity index (χ0n) is 13.1. The lowest BCUT2D eigenvalue weighted by Crippen LogP contribution is -2.49. The molecule has 118 valence electrons. The Bertz CT molecular complexity index is 679. The van der Waals surface area contributed by atoms with Crippen LogP contribution >= 0.6 is 0 Å². The van der Waals surface area contributed by atoms with Gasteiger partial charge in [0.1, 0.15) is 17.5 Å². The van der Waals surface area contributed by atoms with E-state index in [0.717, 1.165) is 35.9 Å². The molecular weight excluding hydrogens is 283 g/mol. The average molecular weight is 304 g/mol. The molecule has 0 spiro atoms. The minimum atomic E-state index is -0.597. The number of benzene rings is 1. The zero-order chi connectivity index (χ0) is 15.9. The van der Waals surface area contributed by atoms with E-state index in [4.69, 9.17) is 0 Å². The highest BCUT2D eigenvalue weighted by atomic mass is 19.1. The molecule has 0 saturated carbocycles. The summed E-state index contributed by atoms with van der Waals surface area (Å²) in [5.41, 5.74) is 1.57. The van der Waals surface area contributed by atoms with Crippen molar-refractivity contribution in [3.8, 4) is 0 Å². The molecule has 1 aromatic heterocycles. The number of aromatic nitrogens is 3. The highest BCUT2D eigenvalue weighted by molar-refractivity contribution is 5.28. The summed E-state index contributed by atoms with van der Waals surface area (Å²) in [7, 11) is 0. The summed E-state index contributed by atoms with van der Waals surface area (Å²) in [6, 6.07) is 4.84. The number of aryl methyl sites for hydroxylation is 3. The van der Waals surface area contributed by atoms with Crippen LogP contribution in [-0.4, -0.2) is 44.4 Å². The SMILES string of the molecule is Cc1nc(C)n(C2CN(CC(O)c3ccc(F)cc3C)C2)n1. The third-order valence-electron chi connectivity index (χ3n) is 4.21. The maximum absolute atomic E-state index is 13.1. The van der Waals surface area contributed by atoms with Gasteiger partial charge in [0.05, 0.1) is 12.1 Å². The first-order valence-corrected chi connectivity index (χ1v) is 7.50. The van der Waals surface area contributed by atoms with Crippen molar-refractivity contribution in [1.29, 1.82) is 0 Å². The van der Waals surface area contributed by atoms with E-state index in [2.05, 4.69) is 15.0 Å². The minimum absolute atomic E-state index is 0.269. The molecule has 1 atom stereocenters. The first-order chi connectivity index (χ1) is 10.4. The van der Waals surface area contributed by atoms with Crippen LogP contribution in [0, 0.1) is 26.6 Å². The van der Waals surface area contributed by atoms with Crippen LogP contribution in [0.2, 0.25) is 0 Å². The van der Waals surface area contributed by atoms with Gasteiger partial charge in [-0.2, -0.15) is 5.10 Å². The van der Waals surface area contributed by atoms with Crippen LogP contribution in [0.15, 0.2) is 18.2 Å². The molecule has 6 heteroatoms. The first kappa shape index (κ1) is 15.1. The molecule has 5 nitrogen and oxygen atoms in total. The zero-order valence-corrected chi connectivity index (χ0v) is 13.1. The van der Waals surface area contributed by atoms with Crippen molar-refractivity contribution in [2.24, 2.45) is 0 Å². The van der Waals surface area contributed by atoms with Crippen molar-refractivity contribution in [3.63, 3.8) is 0 Å². The predicted octanol–water partition coefficient (Wildman–Crippen LogP) is 1.93. The molecule has 22 heavy (non-hydrogen) atoms.